The van der Waals surface area contributed by atoms with Crippen molar-refractivity contribution in [3.05, 3.63) is 17.5 Å². The number of nitrogens with zero attached hydrogens (tertiary/aromatic N) is 3. The summed E-state index contributed by atoms with van der Waals surface area (Å²) in [6, 6.07) is 0. The van der Waals surface area contributed by atoms with Crippen LogP contribution in [0.5, 0.6) is 0 Å². The standard InChI is InChI=1S/C15H23N3O3/c1-5-12-11(8-16-18(12)15(2,3)4)13(19)17-7-6-10(9-17)14(20)21/h8,10H,5-7,9H2,1-4H3,(H,20,21)/t10-/m1/s1. The Morgan fingerprint density at radius 2 is 2.10 bits per heavy atom. The lowest BCUT2D eigenvalue weighted by Gasteiger charge is -2.23. The van der Waals surface area contributed by atoms with Crippen LogP contribution in [-0.4, -0.2) is 44.8 Å². The molecule has 6 nitrogen and oxygen atoms in total. The van der Waals surface area contributed by atoms with Crippen molar-refractivity contribution in [1.29, 1.82) is 0 Å². The highest BCUT2D eigenvalue weighted by Crippen LogP contribution is 2.24. The largest absolute Gasteiger partial charge is 0.481 e. The lowest BCUT2D eigenvalue weighted by molar-refractivity contribution is -0.141. The van der Waals surface area contributed by atoms with Crippen molar-refractivity contribution in [2.75, 3.05) is 13.1 Å². The second kappa shape index (κ2) is 5.50. The highest BCUT2D eigenvalue weighted by molar-refractivity contribution is 5.95. The molecule has 1 saturated heterocycles. The average molecular weight is 293 g/mol. The van der Waals surface area contributed by atoms with Crippen molar-refractivity contribution < 1.29 is 14.7 Å². The molecule has 116 valence electrons. The van der Waals surface area contributed by atoms with Crippen molar-refractivity contribution in [1.82, 2.24) is 14.7 Å². The minimum Gasteiger partial charge on any atom is -0.481 e. The maximum Gasteiger partial charge on any atom is 0.308 e. The third-order valence-corrected chi connectivity index (χ3v) is 3.89. The first-order valence-corrected chi connectivity index (χ1v) is 7.35. The van der Waals surface area contributed by atoms with E-state index < -0.39 is 11.9 Å². The zero-order valence-electron chi connectivity index (χ0n) is 13.1. The van der Waals surface area contributed by atoms with E-state index in [0.717, 1.165) is 5.69 Å². The molecule has 6 heteroatoms. The highest BCUT2D eigenvalue weighted by Gasteiger charge is 2.33. The van der Waals surface area contributed by atoms with E-state index in [4.69, 9.17) is 5.11 Å². The van der Waals surface area contributed by atoms with Crippen molar-refractivity contribution >= 4 is 11.9 Å². The molecule has 0 unspecified atom stereocenters. The maximum atomic E-state index is 12.6. The molecule has 1 N–H and O–H groups in total. The van der Waals surface area contributed by atoms with Crippen molar-refractivity contribution in [2.24, 2.45) is 5.92 Å². The molecule has 0 aromatic carbocycles. The van der Waals surface area contributed by atoms with Gasteiger partial charge in [0.15, 0.2) is 0 Å². The molecule has 1 aromatic heterocycles. The Labute approximate surface area is 124 Å². The predicted molar refractivity (Wildman–Crippen MR) is 78.2 cm³/mol. The number of carboxylic acid groups (broad SMARTS) is 1. The lowest BCUT2D eigenvalue weighted by atomic mass is 10.1. The molecule has 2 rings (SSSR count). The number of hydrogen-bond acceptors (Lipinski definition) is 3. The number of likely N-dealkylation sites (tertiary alicyclic amines) is 1. The van der Waals surface area contributed by atoms with Crippen LogP contribution in [-0.2, 0) is 16.8 Å². The number of amides is 1. The van der Waals surface area contributed by atoms with Crippen LogP contribution in [0.4, 0.5) is 0 Å². The van der Waals surface area contributed by atoms with Gasteiger partial charge in [-0.2, -0.15) is 5.10 Å². The second-order valence-corrected chi connectivity index (χ2v) is 6.52. The number of aromatic nitrogens is 2. The number of carboxylic acids is 1. The monoisotopic (exact) mass is 293 g/mol. The minimum absolute atomic E-state index is 0.105. The summed E-state index contributed by atoms with van der Waals surface area (Å²) in [5.74, 6) is -1.38. The molecule has 2 heterocycles. The van der Waals surface area contributed by atoms with Gasteiger partial charge >= 0.3 is 5.97 Å². The summed E-state index contributed by atoms with van der Waals surface area (Å²) < 4.78 is 1.88. The third-order valence-electron chi connectivity index (χ3n) is 3.89. The highest BCUT2D eigenvalue weighted by atomic mass is 16.4. The lowest BCUT2D eigenvalue weighted by Crippen LogP contribution is -2.31. The number of hydrogen-bond donors (Lipinski definition) is 1. The molecule has 0 saturated carbocycles. The summed E-state index contributed by atoms with van der Waals surface area (Å²) in [7, 11) is 0. The molecule has 0 aliphatic carbocycles. The first-order chi connectivity index (χ1) is 9.75. The van der Waals surface area contributed by atoms with Gasteiger partial charge in [0.05, 0.1) is 28.9 Å². The van der Waals surface area contributed by atoms with Crippen molar-refractivity contribution in [3.8, 4) is 0 Å². The Hall–Kier alpha value is -1.85. The summed E-state index contributed by atoms with van der Waals surface area (Å²) in [5, 5.41) is 13.4. The summed E-state index contributed by atoms with van der Waals surface area (Å²) in [4.78, 5) is 25.3. The van der Waals surface area contributed by atoms with E-state index >= 15 is 0 Å². The van der Waals surface area contributed by atoms with Crippen LogP contribution < -0.4 is 0 Å². The Morgan fingerprint density at radius 1 is 1.43 bits per heavy atom. The molecule has 1 fully saturated rings. The van der Waals surface area contributed by atoms with Crippen LogP contribution in [0.3, 0.4) is 0 Å². The number of rotatable bonds is 3. The molecule has 1 atom stereocenters. The van der Waals surface area contributed by atoms with Crippen LogP contribution >= 0.6 is 0 Å². The normalized spacial score (nSPS) is 19.0. The first-order valence-electron chi connectivity index (χ1n) is 7.35. The van der Waals surface area contributed by atoms with E-state index in [1.807, 2.05) is 32.4 Å². The molecule has 1 aromatic rings. The van der Waals surface area contributed by atoms with Gasteiger partial charge < -0.3 is 10.0 Å². The molecular formula is C15H23N3O3. The smallest absolute Gasteiger partial charge is 0.308 e. The molecule has 0 radical (unpaired) electrons. The van der Waals surface area contributed by atoms with Crippen molar-refractivity contribution in [3.63, 3.8) is 0 Å². The van der Waals surface area contributed by atoms with Gasteiger partial charge in [0.1, 0.15) is 0 Å². The SMILES string of the molecule is CCc1c(C(=O)N2CC[C@@H](C(=O)O)C2)cnn1C(C)(C)C. The van der Waals surface area contributed by atoms with Crippen LogP contribution in [0, 0.1) is 5.92 Å². The van der Waals surface area contributed by atoms with Gasteiger partial charge in [-0.05, 0) is 33.6 Å². The van der Waals surface area contributed by atoms with Gasteiger partial charge in [0.25, 0.3) is 5.91 Å². The summed E-state index contributed by atoms with van der Waals surface area (Å²) in [6.07, 6.45) is 2.85. The second-order valence-electron chi connectivity index (χ2n) is 6.52. The molecule has 0 bridgehead atoms. The van der Waals surface area contributed by atoms with E-state index in [9.17, 15) is 9.59 Å². The van der Waals surface area contributed by atoms with Gasteiger partial charge in [-0.15, -0.1) is 0 Å². The topological polar surface area (TPSA) is 75.4 Å². The molecule has 0 spiro atoms. The van der Waals surface area contributed by atoms with Gasteiger partial charge in [0, 0.05) is 13.1 Å². The van der Waals surface area contributed by atoms with Gasteiger partial charge in [-0.3, -0.25) is 14.3 Å². The van der Waals surface area contributed by atoms with Crippen LogP contribution in [0.2, 0.25) is 0 Å². The van der Waals surface area contributed by atoms with Gasteiger partial charge in [0.2, 0.25) is 0 Å². The van der Waals surface area contributed by atoms with Crippen LogP contribution in [0.15, 0.2) is 6.20 Å². The Kier molecular flexibility index (Phi) is 4.07. The number of carbonyl (C=O) groups is 2. The van der Waals surface area contributed by atoms with E-state index in [2.05, 4.69) is 5.10 Å². The van der Waals surface area contributed by atoms with Gasteiger partial charge in [-0.25, -0.2) is 0 Å². The van der Waals surface area contributed by atoms with Gasteiger partial charge in [-0.1, -0.05) is 6.92 Å². The zero-order valence-corrected chi connectivity index (χ0v) is 13.1. The Morgan fingerprint density at radius 3 is 2.57 bits per heavy atom. The van der Waals surface area contributed by atoms with E-state index in [-0.39, 0.29) is 18.0 Å². The maximum absolute atomic E-state index is 12.6. The summed E-state index contributed by atoms with van der Waals surface area (Å²) in [6.45, 7) is 8.93. The molecule has 21 heavy (non-hydrogen) atoms. The van der Waals surface area contributed by atoms with E-state index in [1.165, 1.54) is 0 Å². The molecule has 1 aliphatic heterocycles. The fourth-order valence-corrected chi connectivity index (χ4v) is 2.79. The molecule has 1 amide bonds. The minimum atomic E-state index is -0.827. The quantitative estimate of drug-likeness (QED) is 0.921. The molecule has 1 aliphatic rings. The number of carbonyl (C=O) groups excluding carboxylic acids is 1. The third kappa shape index (κ3) is 2.94. The van der Waals surface area contributed by atoms with Crippen LogP contribution in [0.25, 0.3) is 0 Å². The first kappa shape index (κ1) is 15.5. The number of aliphatic carboxylic acids is 1. The zero-order chi connectivity index (χ0) is 15.8. The van der Waals surface area contributed by atoms with Crippen LogP contribution in [0.1, 0.15) is 50.2 Å². The summed E-state index contributed by atoms with van der Waals surface area (Å²) in [5.41, 5.74) is 1.32. The van der Waals surface area contributed by atoms with E-state index in [0.29, 0.717) is 24.9 Å². The fourth-order valence-electron chi connectivity index (χ4n) is 2.79. The summed E-state index contributed by atoms with van der Waals surface area (Å²) >= 11 is 0. The van der Waals surface area contributed by atoms with Crippen molar-refractivity contribution in [2.45, 2.75) is 46.1 Å². The van der Waals surface area contributed by atoms with E-state index in [1.54, 1.807) is 11.1 Å². The fraction of sp³-hybridized carbons (Fsp3) is 0.667. The average Bonchev–Trinajstić information content (AvgIpc) is 3.03. The predicted octanol–water partition coefficient (Wildman–Crippen LogP) is 1.75. The Bertz CT molecular complexity index is 557. The Balaban J connectivity index is 2.25. The molecular weight excluding hydrogens is 270 g/mol.